The highest BCUT2D eigenvalue weighted by molar-refractivity contribution is 7.88. The standard InChI is InChI=1S/C5H11NO3S/c1-4-5(7)6(2)10(3,8)9/h4H2,1-3H3. The smallest absolute Gasteiger partial charge is 0.235 e. The first-order valence-electron chi connectivity index (χ1n) is 2.86. The normalized spacial score (nSPS) is 11.1. The molecule has 0 spiro atoms. The molecule has 0 N–H and O–H groups in total. The van der Waals surface area contributed by atoms with E-state index in [1.54, 1.807) is 6.92 Å². The number of carbonyl (C=O) groups is 1. The third-order valence-corrected chi connectivity index (χ3v) is 2.35. The van der Waals surface area contributed by atoms with Crippen LogP contribution in [0.5, 0.6) is 0 Å². The first-order valence-corrected chi connectivity index (χ1v) is 4.71. The van der Waals surface area contributed by atoms with Crippen LogP contribution in [0.25, 0.3) is 0 Å². The van der Waals surface area contributed by atoms with E-state index in [1.807, 2.05) is 0 Å². The van der Waals surface area contributed by atoms with Gasteiger partial charge in [0.1, 0.15) is 0 Å². The molecule has 0 aliphatic carbocycles. The Kier molecular flexibility index (Phi) is 2.83. The highest BCUT2D eigenvalue weighted by atomic mass is 32.2. The molecule has 4 nitrogen and oxygen atoms in total. The predicted octanol–water partition coefficient (Wildman–Crippen LogP) is -0.186. The average Bonchev–Trinajstić information content (AvgIpc) is 1.83. The molecule has 0 rings (SSSR count). The molecule has 0 heterocycles. The summed E-state index contributed by atoms with van der Waals surface area (Å²) in [5.41, 5.74) is 0. The highest BCUT2D eigenvalue weighted by Gasteiger charge is 2.15. The quantitative estimate of drug-likeness (QED) is 0.570. The van der Waals surface area contributed by atoms with Crippen molar-refractivity contribution in [1.82, 2.24) is 4.31 Å². The van der Waals surface area contributed by atoms with E-state index in [1.165, 1.54) is 7.05 Å². The second-order valence-corrected chi connectivity index (χ2v) is 3.99. The third-order valence-electron chi connectivity index (χ3n) is 1.15. The fourth-order valence-electron chi connectivity index (χ4n) is 0.408. The van der Waals surface area contributed by atoms with Gasteiger partial charge in [0.25, 0.3) is 0 Å². The van der Waals surface area contributed by atoms with E-state index in [0.717, 1.165) is 10.6 Å². The molecule has 0 aromatic rings. The maximum absolute atomic E-state index is 10.7. The van der Waals surface area contributed by atoms with Crippen LogP contribution in [-0.4, -0.2) is 31.9 Å². The van der Waals surface area contributed by atoms with Gasteiger partial charge in [-0.1, -0.05) is 6.92 Å². The fraction of sp³-hybridized carbons (Fsp3) is 0.800. The lowest BCUT2D eigenvalue weighted by molar-refractivity contribution is -0.125. The van der Waals surface area contributed by atoms with Crippen LogP contribution in [0.1, 0.15) is 13.3 Å². The van der Waals surface area contributed by atoms with E-state index >= 15 is 0 Å². The Morgan fingerprint density at radius 1 is 1.50 bits per heavy atom. The Morgan fingerprint density at radius 3 is 2.00 bits per heavy atom. The van der Waals surface area contributed by atoms with E-state index in [2.05, 4.69) is 0 Å². The monoisotopic (exact) mass is 165 g/mol. The highest BCUT2D eigenvalue weighted by Crippen LogP contribution is 1.95. The van der Waals surface area contributed by atoms with Gasteiger partial charge >= 0.3 is 0 Å². The molecule has 0 aromatic carbocycles. The lowest BCUT2D eigenvalue weighted by atomic mass is 10.5. The molecule has 0 radical (unpaired) electrons. The first kappa shape index (κ1) is 9.42. The lowest BCUT2D eigenvalue weighted by Crippen LogP contribution is -2.31. The molecule has 60 valence electrons. The minimum absolute atomic E-state index is 0.212. The summed E-state index contributed by atoms with van der Waals surface area (Å²) in [6.07, 6.45) is 1.21. The number of nitrogens with zero attached hydrogens (tertiary/aromatic N) is 1. The average molecular weight is 165 g/mol. The maximum Gasteiger partial charge on any atom is 0.235 e. The summed E-state index contributed by atoms with van der Waals surface area (Å²) in [5.74, 6) is -0.387. The zero-order valence-corrected chi connectivity index (χ0v) is 7.10. The first-order chi connectivity index (χ1) is 4.39. The Bertz CT molecular complexity index is 219. The second-order valence-electron chi connectivity index (χ2n) is 1.98. The molecular formula is C5H11NO3S. The van der Waals surface area contributed by atoms with Crippen molar-refractivity contribution in [2.75, 3.05) is 13.3 Å². The number of sulfonamides is 1. The SMILES string of the molecule is CCC(=O)N(C)S(C)(=O)=O. The van der Waals surface area contributed by atoms with Crippen molar-refractivity contribution >= 4 is 15.9 Å². The molecule has 10 heavy (non-hydrogen) atoms. The predicted molar refractivity (Wildman–Crippen MR) is 37.9 cm³/mol. The van der Waals surface area contributed by atoms with Crippen LogP contribution in [-0.2, 0) is 14.8 Å². The topological polar surface area (TPSA) is 54.5 Å². The molecular weight excluding hydrogens is 154 g/mol. The second kappa shape index (κ2) is 3.01. The van der Waals surface area contributed by atoms with Gasteiger partial charge in [-0.3, -0.25) is 4.79 Å². The Morgan fingerprint density at radius 2 is 1.90 bits per heavy atom. The van der Waals surface area contributed by atoms with Gasteiger partial charge in [0.15, 0.2) is 0 Å². The third kappa shape index (κ3) is 2.34. The van der Waals surface area contributed by atoms with Gasteiger partial charge in [0.2, 0.25) is 15.9 Å². The molecule has 0 saturated carbocycles. The van der Waals surface area contributed by atoms with Crippen molar-refractivity contribution in [3.8, 4) is 0 Å². The lowest BCUT2D eigenvalue weighted by Gasteiger charge is -2.12. The van der Waals surface area contributed by atoms with Crippen molar-refractivity contribution in [1.29, 1.82) is 0 Å². The van der Waals surface area contributed by atoms with Crippen molar-refractivity contribution < 1.29 is 13.2 Å². The summed E-state index contributed by atoms with van der Waals surface area (Å²) in [6, 6.07) is 0. The number of hydrogen-bond donors (Lipinski definition) is 0. The Hall–Kier alpha value is -0.580. The summed E-state index contributed by atoms with van der Waals surface area (Å²) < 4.78 is 22.0. The van der Waals surface area contributed by atoms with E-state index in [9.17, 15) is 13.2 Å². The van der Waals surface area contributed by atoms with Crippen molar-refractivity contribution in [2.45, 2.75) is 13.3 Å². The largest absolute Gasteiger partial charge is 0.274 e. The van der Waals surface area contributed by atoms with Crippen molar-refractivity contribution in [2.24, 2.45) is 0 Å². The van der Waals surface area contributed by atoms with Crippen LogP contribution in [0.3, 0.4) is 0 Å². The fourth-order valence-corrected chi connectivity index (χ4v) is 0.907. The Balaban J connectivity index is 4.39. The van der Waals surface area contributed by atoms with E-state index in [-0.39, 0.29) is 12.3 Å². The molecule has 0 aliphatic rings. The molecule has 0 saturated heterocycles. The van der Waals surface area contributed by atoms with Gasteiger partial charge in [-0.15, -0.1) is 0 Å². The molecule has 0 atom stereocenters. The molecule has 0 fully saturated rings. The van der Waals surface area contributed by atoms with Gasteiger partial charge in [0, 0.05) is 13.5 Å². The van der Waals surface area contributed by atoms with Gasteiger partial charge in [-0.25, -0.2) is 12.7 Å². The van der Waals surface area contributed by atoms with Crippen LogP contribution >= 0.6 is 0 Å². The molecule has 0 aromatic heterocycles. The summed E-state index contributed by atoms with van der Waals surface area (Å²) >= 11 is 0. The number of amides is 1. The summed E-state index contributed by atoms with van der Waals surface area (Å²) in [6.45, 7) is 1.62. The van der Waals surface area contributed by atoms with Gasteiger partial charge in [0.05, 0.1) is 6.26 Å². The minimum Gasteiger partial charge on any atom is -0.274 e. The van der Waals surface area contributed by atoms with Crippen LogP contribution in [0.2, 0.25) is 0 Å². The van der Waals surface area contributed by atoms with Crippen LogP contribution in [0, 0.1) is 0 Å². The Labute approximate surface area is 60.9 Å². The molecule has 5 heteroatoms. The summed E-state index contributed by atoms with van der Waals surface area (Å²) in [5, 5.41) is 0. The minimum atomic E-state index is -3.33. The number of carbonyl (C=O) groups excluding carboxylic acids is 1. The zero-order valence-electron chi connectivity index (χ0n) is 6.29. The van der Waals surface area contributed by atoms with Gasteiger partial charge < -0.3 is 0 Å². The maximum atomic E-state index is 10.7. The van der Waals surface area contributed by atoms with E-state index in [4.69, 9.17) is 0 Å². The molecule has 0 aliphatic heterocycles. The summed E-state index contributed by atoms with van der Waals surface area (Å²) in [7, 11) is -2.08. The number of rotatable bonds is 2. The van der Waals surface area contributed by atoms with Crippen molar-refractivity contribution in [3.63, 3.8) is 0 Å². The number of hydrogen-bond acceptors (Lipinski definition) is 3. The summed E-state index contributed by atoms with van der Waals surface area (Å²) in [4.78, 5) is 10.7. The van der Waals surface area contributed by atoms with Gasteiger partial charge in [-0.05, 0) is 0 Å². The van der Waals surface area contributed by atoms with Crippen molar-refractivity contribution in [3.05, 3.63) is 0 Å². The molecule has 0 unspecified atom stereocenters. The zero-order chi connectivity index (χ0) is 8.36. The molecule has 0 bridgehead atoms. The van der Waals surface area contributed by atoms with Crippen LogP contribution in [0.15, 0.2) is 0 Å². The van der Waals surface area contributed by atoms with Gasteiger partial charge in [-0.2, -0.15) is 0 Å². The van der Waals surface area contributed by atoms with Crippen LogP contribution < -0.4 is 0 Å². The van der Waals surface area contributed by atoms with E-state index < -0.39 is 10.0 Å². The van der Waals surface area contributed by atoms with E-state index in [0.29, 0.717) is 0 Å². The molecule has 1 amide bonds. The van der Waals surface area contributed by atoms with Crippen LogP contribution in [0.4, 0.5) is 0 Å².